The van der Waals surface area contributed by atoms with E-state index >= 15 is 0 Å². The van der Waals surface area contributed by atoms with Crippen molar-refractivity contribution in [2.75, 3.05) is 20.4 Å². The fourth-order valence-electron chi connectivity index (χ4n) is 2.37. The molecule has 2 rings (SSSR count). The van der Waals surface area contributed by atoms with Crippen LogP contribution >= 0.6 is 0 Å². The Morgan fingerprint density at radius 1 is 1.20 bits per heavy atom. The lowest BCUT2D eigenvalue weighted by atomic mass is 10.0. The number of hydrogen-bond acceptors (Lipinski definition) is 6. The molecule has 0 spiro atoms. The third-order valence-electron chi connectivity index (χ3n) is 3.57. The first-order valence-corrected chi connectivity index (χ1v) is 7.95. The third kappa shape index (κ3) is 5.10. The summed E-state index contributed by atoms with van der Waals surface area (Å²) in [5.41, 5.74) is 0.351. The molecule has 136 valence electrons. The topological polar surface area (TPSA) is 103 Å². The van der Waals surface area contributed by atoms with E-state index in [1.54, 1.807) is 18.2 Å². The first-order chi connectivity index (χ1) is 11.9. The van der Waals surface area contributed by atoms with Crippen molar-refractivity contribution in [1.82, 2.24) is 10.6 Å². The second kappa shape index (κ2) is 8.36. The van der Waals surface area contributed by atoms with E-state index in [-0.39, 0.29) is 19.3 Å². The lowest BCUT2D eigenvalue weighted by molar-refractivity contribution is -0.145. The van der Waals surface area contributed by atoms with Gasteiger partial charge in [0, 0.05) is 5.56 Å². The predicted octanol–water partition coefficient (Wildman–Crippen LogP) is 0.849. The lowest BCUT2D eigenvalue weighted by Gasteiger charge is -2.18. The number of rotatable bonds is 7. The molecular formula is C17H22N2O6. The Balaban J connectivity index is 1.87. The largest absolute Gasteiger partial charge is 0.467 e. The minimum absolute atomic E-state index is 0.119. The first-order valence-electron chi connectivity index (χ1n) is 7.95. The van der Waals surface area contributed by atoms with Gasteiger partial charge in [0.15, 0.2) is 11.5 Å². The van der Waals surface area contributed by atoms with E-state index in [0.29, 0.717) is 23.5 Å². The van der Waals surface area contributed by atoms with Crippen LogP contribution in [0.15, 0.2) is 18.2 Å². The molecular weight excluding hydrogens is 328 g/mol. The van der Waals surface area contributed by atoms with Crippen LogP contribution in [-0.4, -0.2) is 44.3 Å². The van der Waals surface area contributed by atoms with E-state index < -0.39 is 23.8 Å². The number of fused-ring (bicyclic) bond motifs is 1. The zero-order valence-corrected chi connectivity index (χ0v) is 14.5. The van der Waals surface area contributed by atoms with E-state index in [9.17, 15) is 14.4 Å². The standard InChI is InChI=1S/C17H22N2O6/c1-10(2)6-12(17(22)23-3)19-15(20)8-18-16(21)11-4-5-13-14(7-11)25-9-24-13/h4-5,7,10,12H,6,8-9H2,1-3H3,(H,18,21)(H,19,20). The van der Waals surface area contributed by atoms with Gasteiger partial charge in [0.2, 0.25) is 12.7 Å². The molecule has 8 heteroatoms. The van der Waals surface area contributed by atoms with Gasteiger partial charge in [-0.15, -0.1) is 0 Å². The number of benzene rings is 1. The average molecular weight is 350 g/mol. The molecule has 8 nitrogen and oxygen atoms in total. The van der Waals surface area contributed by atoms with Gasteiger partial charge in [-0.3, -0.25) is 9.59 Å². The highest BCUT2D eigenvalue weighted by molar-refractivity contribution is 5.97. The number of hydrogen-bond donors (Lipinski definition) is 2. The SMILES string of the molecule is COC(=O)C(CC(C)C)NC(=O)CNC(=O)c1ccc2c(c1)OCO2. The minimum Gasteiger partial charge on any atom is -0.467 e. The van der Waals surface area contributed by atoms with E-state index in [2.05, 4.69) is 15.4 Å². The summed E-state index contributed by atoms with van der Waals surface area (Å²) in [7, 11) is 1.27. The van der Waals surface area contributed by atoms with Crippen LogP contribution in [-0.2, 0) is 14.3 Å². The Morgan fingerprint density at radius 2 is 1.92 bits per heavy atom. The Hall–Kier alpha value is -2.77. The second-order valence-electron chi connectivity index (χ2n) is 6.02. The molecule has 1 aliphatic rings. The van der Waals surface area contributed by atoms with Gasteiger partial charge in [0.1, 0.15) is 6.04 Å². The Kier molecular flexibility index (Phi) is 6.21. The smallest absolute Gasteiger partial charge is 0.328 e. The summed E-state index contributed by atoms with van der Waals surface area (Å²) in [6.45, 7) is 3.74. The van der Waals surface area contributed by atoms with Crippen LogP contribution < -0.4 is 20.1 Å². The maximum Gasteiger partial charge on any atom is 0.328 e. The maximum absolute atomic E-state index is 12.1. The van der Waals surface area contributed by atoms with Crippen LogP contribution in [0.5, 0.6) is 11.5 Å². The summed E-state index contributed by atoms with van der Waals surface area (Å²) in [5.74, 6) is -0.141. The van der Waals surface area contributed by atoms with E-state index in [1.165, 1.54) is 7.11 Å². The predicted molar refractivity (Wildman–Crippen MR) is 88.3 cm³/mol. The molecule has 0 aliphatic carbocycles. The van der Waals surface area contributed by atoms with Crippen molar-refractivity contribution in [3.63, 3.8) is 0 Å². The van der Waals surface area contributed by atoms with Crippen LogP contribution in [0, 0.1) is 5.92 Å². The number of esters is 1. The van der Waals surface area contributed by atoms with Gasteiger partial charge in [-0.1, -0.05) is 13.8 Å². The highest BCUT2D eigenvalue weighted by Gasteiger charge is 2.23. The minimum atomic E-state index is -0.736. The van der Waals surface area contributed by atoms with Crippen molar-refractivity contribution in [3.05, 3.63) is 23.8 Å². The average Bonchev–Trinajstić information content (AvgIpc) is 3.05. The van der Waals surface area contributed by atoms with Gasteiger partial charge in [0.25, 0.3) is 5.91 Å². The number of amides is 2. The molecule has 0 aromatic heterocycles. The monoisotopic (exact) mass is 350 g/mol. The van der Waals surface area contributed by atoms with Crippen LogP contribution in [0.2, 0.25) is 0 Å². The van der Waals surface area contributed by atoms with Crippen molar-refractivity contribution in [1.29, 1.82) is 0 Å². The van der Waals surface area contributed by atoms with E-state index in [4.69, 9.17) is 9.47 Å². The van der Waals surface area contributed by atoms with Gasteiger partial charge in [-0.2, -0.15) is 0 Å². The molecule has 0 saturated heterocycles. The van der Waals surface area contributed by atoms with E-state index in [0.717, 1.165) is 0 Å². The molecule has 0 bridgehead atoms. The van der Waals surface area contributed by atoms with Gasteiger partial charge in [-0.05, 0) is 30.5 Å². The highest BCUT2D eigenvalue weighted by atomic mass is 16.7. The van der Waals surface area contributed by atoms with Gasteiger partial charge < -0.3 is 24.8 Å². The van der Waals surface area contributed by atoms with Gasteiger partial charge >= 0.3 is 5.97 Å². The lowest BCUT2D eigenvalue weighted by Crippen LogP contribution is -2.46. The van der Waals surface area contributed by atoms with Crippen LogP contribution in [0.1, 0.15) is 30.6 Å². The maximum atomic E-state index is 12.1. The molecule has 1 unspecified atom stereocenters. The van der Waals surface area contributed by atoms with E-state index in [1.807, 2.05) is 13.8 Å². The van der Waals surface area contributed by atoms with Crippen LogP contribution in [0.4, 0.5) is 0 Å². The molecule has 25 heavy (non-hydrogen) atoms. The number of nitrogens with one attached hydrogen (secondary N) is 2. The first kappa shape index (κ1) is 18.6. The summed E-state index contributed by atoms with van der Waals surface area (Å²) in [4.78, 5) is 35.8. The van der Waals surface area contributed by atoms with Crippen molar-refractivity contribution < 1.29 is 28.6 Å². The molecule has 1 aromatic rings. The molecule has 1 aliphatic heterocycles. The number of methoxy groups -OCH3 is 1. The molecule has 1 atom stereocenters. The Morgan fingerprint density at radius 3 is 2.60 bits per heavy atom. The summed E-state index contributed by atoms with van der Waals surface area (Å²) in [5, 5.41) is 5.08. The molecule has 0 radical (unpaired) electrons. The van der Waals surface area contributed by atoms with Crippen LogP contribution in [0.25, 0.3) is 0 Å². The zero-order chi connectivity index (χ0) is 18.4. The van der Waals surface area contributed by atoms with Crippen molar-refractivity contribution in [2.45, 2.75) is 26.3 Å². The molecule has 0 fully saturated rings. The molecule has 1 aromatic carbocycles. The number of carbonyl (C=O) groups is 3. The number of ether oxygens (including phenoxy) is 3. The third-order valence-corrected chi connectivity index (χ3v) is 3.57. The van der Waals surface area contributed by atoms with Gasteiger partial charge in [-0.25, -0.2) is 4.79 Å². The quantitative estimate of drug-likeness (QED) is 0.707. The fraction of sp³-hybridized carbons (Fsp3) is 0.471. The zero-order valence-electron chi connectivity index (χ0n) is 14.5. The van der Waals surface area contributed by atoms with Crippen LogP contribution in [0.3, 0.4) is 0 Å². The molecule has 2 N–H and O–H groups in total. The Bertz CT molecular complexity index is 659. The summed E-state index contributed by atoms with van der Waals surface area (Å²) in [6, 6.07) is 4.02. The van der Waals surface area contributed by atoms with Crippen molar-refractivity contribution in [3.8, 4) is 11.5 Å². The molecule has 2 amide bonds. The van der Waals surface area contributed by atoms with Crippen molar-refractivity contribution in [2.24, 2.45) is 5.92 Å². The molecule has 1 heterocycles. The highest BCUT2D eigenvalue weighted by Crippen LogP contribution is 2.32. The molecule has 0 saturated carbocycles. The second-order valence-corrected chi connectivity index (χ2v) is 6.02. The fourth-order valence-corrected chi connectivity index (χ4v) is 2.37. The Labute approximate surface area is 145 Å². The van der Waals surface area contributed by atoms with Crippen molar-refractivity contribution >= 4 is 17.8 Å². The normalized spacial score (nSPS) is 13.3. The summed E-state index contributed by atoms with van der Waals surface area (Å²) < 4.78 is 15.1. The number of carbonyl (C=O) groups excluding carboxylic acids is 3. The summed E-state index contributed by atoms with van der Waals surface area (Å²) in [6.07, 6.45) is 0.453. The van der Waals surface area contributed by atoms with Gasteiger partial charge in [0.05, 0.1) is 13.7 Å². The summed E-state index contributed by atoms with van der Waals surface area (Å²) >= 11 is 0.